The largest absolute Gasteiger partial charge is 0.405 e. The third-order valence-corrected chi connectivity index (χ3v) is 5.47. The Morgan fingerprint density at radius 1 is 1.24 bits per heavy atom. The van der Waals surface area contributed by atoms with Crippen molar-refractivity contribution in [1.82, 2.24) is 9.55 Å². The number of nitrogens with zero attached hydrogens (tertiary/aromatic N) is 2. The Kier molecular flexibility index (Phi) is 7.87. The summed E-state index contributed by atoms with van der Waals surface area (Å²) in [5, 5.41) is 1.16. The molecule has 4 heteroatoms. The average molecular weight is 437 g/mol. The second-order valence-corrected chi connectivity index (χ2v) is 7.89. The number of aromatic nitrogens is 2. The lowest BCUT2D eigenvalue weighted by atomic mass is 10.1. The van der Waals surface area contributed by atoms with Crippen molar-refractivity contribution in [2.45, 2.75) is 27.2 Å². The molecule has 3 rings (SSSR count). The van der Waals surface area contributed by atoms with Crippen molar-refractivity contribution >= 4 is 28.8 Å². The molecule has 0 amide bonds. The monoisotopic (exact) mass is 436 g/mol. The van der Waals surface area contributed by atoms with E-state index in [1.165, 1.54) is 11.8 Å². The van der Waals surface area contributed by atoms with Gasteiger partial charge in [-0.1, -0.05) is 48.6 Å². The van der Waals surface area contributed by atoms with Crippen molar-refractivity contribution in [3.05, 3.63) is 120 Å². The standard InChI is InChI=1S/C29H32N4/c1-5-9-28-25(6-2)26-18-21(3)12-15-29(26)33(28)24(14-13-23-11-8-17-32-20-23)19-27(31)22(4)10-7-16-30/h5-12,14-20H,2,13,30-31H2,1,3-4H3/b9-5-,16-7-,22-10+,24-14+,27-19-. The van der Waals surface area contributed by atoms with Crippen molar-refractivity contribution < 1.29 is 0 Å². The summed E-state index contributed by atoms with van der Waals surface area (Å²) in [5.74, 6) is 0. The van der Waals surface area contributed by atoms with Gasteiger partial charge in [0.25, 0.3) is 0 Å². The molecule has 4 N–H and O–H groups in total. The van der Waals surface area contributed by atoms with Gasteiger partial charge in [0.1, 0.15) is 0 Å². The Morgan fingerprint density at radius 2 is 2.06 bits per heavy atom. The minimum Gasteiger partial charge on any atom is -0.405 e. The Morgan fingerprint density at radius 3 is 2.73 bits per heavy atom. The van der Waals surface area contributed by atoms with Gasteiger partial charge in [0, 0.05) is 34.7 Å². The van der Waals surface area contributed by atoms with Crippen LogP contribution in [0.5, 0.6) is 0 Å². The van der Waals surface area contributed by atoms with E-state index in [1.807, 2.05) is 50.4 Å². The number of allylic oxidation sites excluding steroid dienone is 7. The summed E-state index contributed by atoms with van der Waals surface area (Å²) in [4.78, 5) is 4.25. The topological polar surface area (TPSA) is 69.9 Å². The second kappa shape index (κ2) is 11.0. The van der Waals surface area contributed by atoms with E-state index >= 15 is 0 Å². The first kappa shape index (κ1) is 23.6. The number of aryl methyl sites for hydroxylation is 1. The molecule has 0 saturated carbocycles. The number of nitrogens with two attached hydrogens (primary N) is 2. The second-order valence-electron chi connectivity index (χ2n) is 7.89. The number of benzene rings is 1. The Bertz CT molecular complexity index is 1280. The minimum atomic E-state index is 0.672. The van der Waals surface area contributed by atoms with Crippen LogP contribution in [0, 0.1) is 6.92 Å². The molecule has 0 unspecified atom stereocenters. The fourth-order valence-corrected chi connectivity index (χ4v) is 3.79. The van der Waals surface area contributed by atoms with Gasteiger partial charge in [-0.05, 0) is 81.0 Å². The third-order valence-electron chi connectivity index (χ3n) is 5.47. The van der Waals surface area contributed by atoms with Crippen molar-refractivity contribution in [2.75, 3.05) is 0 Å². The lowest BCUT2D eigenvalue weighted by Gasteiger charge is -2.13. The van der Waals surface area contributed by atoms with E-state index in [2.05, 4.69) is 59.5 Å². The van der Waals surface area contributed by atoms with E-state index in [1.54, 1.807) is 12.3 Å². The highest BCUT2D eigenvalue weighted by atomic mass is 15.0. The molecule has 4 nitrogen and oxygen atoms in total. The first-order valence-electron chi connectivity index (χ1n) is 11.0. The van der Waals surface area contributed by atoms with E-state index in [4.69, 9.17) is 11.5 Å². The first-order valence-corrected chi connectivity index (χ1v) is 11.0. The van der Waals surface area contributed by atoms with Crippen LogP contribution in [0.1, 0.15) is 36.2 Å². The summed E-state index contributed by atoms with van der Waals surface area (Å²) >= 11 is 0. The fraction of sp³-hybridized carbons (Fsp3) is 0.138. The van der Waals surface area contributed by atoms with E-state index in [-0.39, 0.29) is 0 Å². The van der Waals surface area contributed by atoms with Gasteiger partial charge >= 0.3 is 0 Å². The molecule has 0 aliphatic heterocycles. The van der Waals surface area contributed by atoms with Crippen LogP contribution >= 0.6 is 0 Å². The molecule has 0 bridgehead atoms. The lowest BCUT2D eigenvalue weighted by Crippen LogP contribution is -2.04. The molecule has 0 aliphatic rings. The summed E-state index contributed by atoms with van der Waals surface area (Å²) in [5.41, 5.74) is 20.2. The molecule has 2 aromatic heterocycles. The molecule has 2 heterocycles. The predicted octanol–water partition coefficient (Wildman–Crippen LogP) is 6.37. The molecule has 168 valence electrons. The molecule has 1 aromatic carbocycles. The molecule has 33 heavy (non-hydrogen) atoms. The molecule has 0 aliphatic carbocycles. The zero-order valence-corrected chi connectivity index (χ0v) is 19.6. The molecule has 3 aromatic rings. The summed E-state index contributed by atoms with van der Waals surface area (Å²) in [6.45, 7) is 10.2. The SMILES string of the molecule is C=Cc1c(/C=C\C)n(C(/C=C(N)/C(C)=C/C=C\N)=C/Cc2cccnc2)c2ccc(C)cc12. The molecular formula is C29H32N4. The van der Waals surface area contributed by atoms with Crippen LogP contribution in [0.2, 0.25) is 0 Å². The van der Waals surface area contributed by atoms with Gasteiger partial charge in [0.05, 0.1) is 11.2 Å². The molecular weight excluding hydrogens is 404 g/mol. The summed E-state index contributed by atoms with van der Waals surface area (Å²) in [7, 11) is 0. The zero-order valence-electron chi connectivity index (χ0n) is 19.6. The number of pyridine rings is 1. The van der Waals surface area contributed by atoms with Crippen LogP contribution in [0.15, 0.2) is 97.2 Å². The maximum Gasteiger partial charge on any atom is 0.0541 e. The van der Waals surface area contributed by atoms with Crippen molar-refractivity contribution in [3.63, 3.8) is 0 Å². The highest BCUT2D eigenvalue weighted by Gasteiger charge is 2.16. The van der Waals surface area contributed by atoms with Crippen LogP contribution in [0.4, 0.5) is 0 Å². The van der Waals surface area contributed by atoms with Gasteiger partial charge in [-0.3, -0.25) is 4.98 Å². The Hall–Kier alpha value is -4.05. The first-order chi connectivity index (χ1) is 16.0. The van der Waals surface area contributed by atoms with Gasteiger partial charge < -0.3 is 16.0 Å². The van der Waals surface area contributed by atoms with Gasteiger partial charge in [-0.25, -0.2) is 0 Å². The van der Waals surface area contributed by atoms with E-state index in [0.717, 1.165) is 45.4 Å². The van der Waals surface area contributed by atoms with Crippen LogP contribution < -0.4 is 11.5 Å². The van der Waals surface area contributed by atoms with Crippen molar-refractivity contribution in [2.24, 2.45) is 11.5 Å². The van der Waals surface area contributed by atoms with E-state index < -0.39 is 0 Å². The molecule has 0 spiro atoms. The maximum absolute atomic E-state index is 6.51. The van der Waals surface area contributed by atoms with Crippen LogP contribution in [-0.4, -0.2) is 9.55 Å². The van der Waals surface area contributed by atoms with Crippen LogP contribution in [0.25, 0.3) is 28.8 Å². The molecule has 0 fully saturated rings. The van der Waals surface area contributed by atoms with Crippen molar-refractivity contribution in [3.8, 4) is 0 Å². The van der Waals surface area contributed by atoms with Gasteiger partial charge in [0.2, 0.25) is 0 Å². The number of hydrogen-bond acceptors (Lipinski definition) is 3. The lowest BCUT2D eigenvalue weighted by molar-refractivity contribution is 1.11. The number of fused-ring (bicyclic) bond motifs is 1. The summed E-state index contributed by atoms with van der Waals surface area (Å²) in [6, 6.07) is 10.5. The highest BCUT2D eigenvalue weighted by molar-refractivity contribution is 5.97. The zero-order chi connectivity index (χ0) is 23.8. The average Bonchev–Trinajstić information content (AvgIpc) is 3.12. The number of rotatable bonds is 8. The quantitative estimate of drug-likeness (QED) is 0.403. The normalized spacial score (nSPS) is 13.5. The molecule has 0 radical (unpaired) electrons. The highest BCUT2D eigenvalue weighted by Crippen LogP contribution is 2.33. The van der Waals surface area contributed by atoms with E-state index in [0.29, 0.717) is 5.70 Å². The summed E-state index contributed by atoms with van der Waals surface area (Å²) < 4.78 is 2.25. The maximum atomic E-state index is 6.51. The summed E-state index contributed by atoms with van der Waals surface area (Å²) in [6.07, 6.45) is 19.9. The fourth-order valence-electron chi connectivity index (χ4n) is 3.79. The van der Waals surface area contributed by atoms with E-state index in [9.17, 15) is 0 Å². The smallest absolute Gasteiger partial charge is 0.0541 e. The van der Waals surface area contributed by atoms with Crippen molar-refractivity contribution in [1.29, 1.82) is 0 Å². The van der Waals surface area contributed by atoms with Gasteiger partial charge in [-0.2, -0.15) is 0 Å². The third kappa shape index (κ3) is 5.42. The van der Waals surface area contributed by atoms with Crippen LogP contribution in [-0.2, 0) is 6.42 Å². The predicted molar refractivity (Wildman–Crippen MR) is 143 cm³/mol. The Balaban J connectivity index is 2.30. The van der Waals surface area contributed by atoms with Crippen LogP contribution in [0.3, 0.4) is 0 Å². The molecule has 0 atom stereocenters. The minimum absolute atomic E-state index is 0.672. The van der Waals surface area contributed by atoms with Gasteiger partial charge in [-0.15, -0.1) is 0 Å². The van der Waals surface area contributed by atoms with Gasteiger partial charge in [0.15, 0.2) is 0 Å². The molecule has 0 saturated heterocycles. The number of hydrogen-bond donors (Lipinski definition) is 2. The Labute approximate surface area is 196 Å².